The molecular weight excluding hydrogens is 404 g/mol. The third-order valence-electron chi connectivity index (χ3n) is 2.38. The number of halogens is 2. The Balaban J connectivity index is 1.74. The van der Waals surface area contributed by atoms with Crippen molar-refractivity contribution >= 4 is 22.6 Å². The number of piperazine rings is 1. The van der Waals surface area contributed by atoms with E-state index >= 15 is 0 Å². The summed E-state index contributed by atoms with van der Waals surface area (Å²) in [5.41, 5.74) is 0. The fraction of sp³-hybridized carbons (Fsp3) is 0.778. The van der Waals surface area contributed by atoms with E-state index in [9.17, 15) is 0 Å². The molecule has 0 bridgehead atoms. The second-order valence-corrected chi connectivity index (χ2v) is 8.05. The predicted molar refractivity (Wildman–Crippen MR) is 62.7 cm³/mol. The van der Waals surface area contributed by atoms with Crippen molar-refractivity contribution in [1.82, 2.24) is 11.5 Å². The second kappa shape index (κ2) is 5.97. The van der Waals surface area contributed by atoms with Crippen LogP contribution in [0.5, 0.6) is 0 Å². The van der Waals surface area contributed by atoms with Gasteiger partial charge in [-0.15, -0.1) is 0 Å². The molecule has 1 fully saturated rings. The van der Waals surface area contributed by atoms with Gasteiger partial charge in [0.2, 0.25) is 0 Å². The van der Waals surface area contributed by atoms with Gasteiger partial charge >= 0.3 is 111 Å². The molecule has 1 N–H and O–H groups in total. The van der Waals surface area contributed by atoms with Crippen molar-refractivity contribution in [2.24, 2.45) is 0 Å². The summed E-state index contributed by atoms with van der Waals surface area (Å²) in [6, 6.07) is 0. The van der Waals surface area contributed by atoms with Gasteiger partial charge in [0, 0.05) is 0 Å². The van der Waals surface area contributed by atoms with Crippen molar-refractivity contribution < 1.29 is 21.8 Å². The molecule has 82 valence electrons. The van der Waals surface area contributed by atoms with E-state index in [1.54, 1.807) is 3.58 Å². The molecule has 2 aliphatic heterocycles. The summed E-state index contributed by atoms with van der Waals surface area (Å²) in [5.74, 6) is 0. The third-order valence-corrected chi connectivity index (χ3v) is 6.42. The van der Waals surface area contributed by atoms with E-state index in [4.69, 9.17) is 0 Å². The Morgan fingerprint density at radius 2 is 2.00 bits per heavy atom. The van der Waals surface area contributed by atoms with E-state index in [2.05, 4.69) is 40.2 Å². The molecule has 2 rings (SSSR count). The zero-order valence-electron chi connectivity index (χ0n) is 8.18. The van der Waals surface area contributed by atoms with Crippen molar-refractivity contribution in [3.63, 3.8) is 0 Å². The Hall–Kier alpha value is 1.08. The Morgan fingerprint density at radius 3 is 2.64 bits per heavy atom. The van der Waals surface area contributed by atoms with E-state index in [0.29, 0.717) is 0 Å². The van der Waals surface area contributed by atoms with Gasteiger partial charge in [-0.1, -0.05) is 0 Å². The van der Waals surface area contributed by atoms with Crippen molar-refractivity contribution in [3.05, 3.63) is 9.66 Å². The van der Waals surface area contributed by atoms with Gasteiger partial charge in [-0.25, -0.2) is 0 Å². The summed E-state index contributed by atoms with van der Waals surface area (Å²) >= 11 is 2.60. The summed E-state index contributed by atoms with van der Waals surface area (Å²) in [5, 5.41) is 3.40. The van der Waals surface area contributed by atoms with Crippen LogP contribution in [0.1, 0.15) is 6.42 Å². The molecule has 5 heteroatoms. The third kappa shape index (κ3) is 3.58. The average Bonchev–Trinajstić information content (AvgIpc) is 2.23. The first kappa shape index (κ1) is 11.6. The van der Waals surface area contributed by atoms with Crippen LogP contribution in [0.25, 0.3) is 0 Å². The SMILES string of the molecule is IC1=CCN([I-]N2CCNCC2)CC1. The van der Waals surface area contributed by atoms with E-state index in [-0.39, 0.29) is 21.8 Å². The van der Waals surface area contributed by atoms with Crippen molar-refractivity contribution in [2.45, 2.75) is 6.42 Å². The number of rotatable bonds is 2. The van der Waals surface area contributed by atoms with Gasteiger partial charge in [0.1, 0.15) is 0 Å². The maximum atomic E-state index is 3.40. The Kier molecular flexibility index (Phi) is 4.93. The van der Waals surface area contributed by atoms with Gasteiger partial charge in [0.15, 0.2) is 0 Å². The second-order valence-electron chi connectivity index (χ2n) is 3.51. The van der Waals surface area contributed by atoms with Gasteiger partial charge in [-0.2, -0.15) is 0 Å². The van der Waals surface area contributed by atoms with Gasteiger partial charge in [-0.05, 0) is 0 Å². The van der Waals surface area contributed by atoms with Crippen LogP contribution in [0.2, 0.25) is 0 Å². The summed E-state index contributed by atoms with van der Waals surface area (Å²) in [6.45, 7) is 7.35. The normalized spacial score (nSPS) is 26.5. The number of hydrogen-bond donors (Lipinski definition) is 1. The zero-order valence-corrected chi connectivity index (χ0v) is 12.5. The fourth-order valence-corrected chi connectivity index (χ4v) is 4.60. The molecule has 14 heavy (non-hydrogen) atoms. The molecule has 0 aromatic carbocycles. The molecule has 0 saturated carbocycles. The maximum absolute atomic E-state index is 3.40. The van der Waals surface area contributed by atoms with Crippen LogP contribution in [-0.4, -0.2) is 45.5 Å². The van der Waals surface area contributed by atoms with Crippen molar-refractivity contribution in [3.8, 4) is 0 Å². The average molecular weight is 420 g/mol. The van der Waals surface area contributed by atoms with Gasteiger partial charge in [0.25, 0.3) is 0 Å². The van der Waals surface area contributed by atoms with Gasteiger partial charge < -0.3 is 0 Å². The van der Waals surface area contributed by atoms with Crippen LogP contribution in [0.3, 0.4) is 0 Å². The molecule has 0 unspecified atom stereocenters. The summed E-state index contributed by atoms with van der Waals surface area (Å²) in [4.78, 5) is 0. The minimum atomic E-state index is 0.142. The first-order valence-electron chi connectivity index (χ1n) is 5.05. The zero-order chi connectivity index (χ0) is 9.80. The van der Waals surface area contributed by atoms with Crippen LogP contribution >= 0.6 is 22.6 Å². The standard InChI is InChI=1S/C9H16I2N3/c10-9-1-5-13(6-2-9)11-14-7-3-12-4-8-14/h1,12H,2-8H2/q-1. The topological polar surface area (TPSA) is 18.5 Å². The number of nitrogens with zero attached hydrogens (tertiary/aromatic N) is 2. The fourth-order valence-electron chi connectivity index (χ4n) is 1.55. The summed E-state index contributed by atoms with van der Waals surface area (Å²) in [7, 11) is 0. The van der Waals surface area contributed by atoms with Crippen LogP contribution in [0.4, 0.5) is 0 Å². The number of hydrogen-bond acceptors (Lipinski definition) is 3. The first-order valence-corrected chi connectivity index (χ1v) is 8.06. The monoisotopic (exact) mass is 420 g/mol. The molecule has 0 aliphatic carbocycles. The molecule has 0 spiro atoms. The summed E-state index contributed by atoms with van der Waals surface area (Å²) in [6.07, 6.45) is 3.65. The van der Waals surface area contributed by atoms with Crippen LogP contribution < -0.4 is 27.1 Å². The Morgan fingerprint density at radius 1 is 1.21 bits per heavy atom. The molecule has 0 amide bonds. The van der Waals surface area contributed by atoms with Crippen LogP contribution in [0.15, 0.2) is 9.66 Å². The molecule has 0 aromatic heterocycles. The van der Waals surface area contributed by atoms with Crippen LogP contribution in [0, 0.1) is 0 Å². The molecule has 1 saturated heterocycles. The van der Waals surface area contributed by atoms with E-state index in [0.717, 1.165) is 0 Å². The molecule has 0 aromatic rings. The number of nitrogens with one attached hydrogen (secondary N) is 1. The molecule has 2 heterocycles. The first-order chi connectivity index (χ1) is 6.84. The predicted octanol–water partition coefficient (Wildman–Crippen LogP) is -2.16. The molecular formula is C9H16I2N3-. The van der Waals surface area contributed by atoms with Crippen molar-refractivity contribution in [2.75, 3.05) is 39.3 Å². The van der Waals surface area contributed by atoms with E-state index < -0.39 is 0 Å². The molecule has 3 nitrogen and oxygen atoms in total. The Bertz CT molecular complexity index is 214. The minimum absolute atomic E-state index is 0.142. The van der Waals surface area contributed by atoms with E-state index in [1.807, 2.05) is 0 Å². The quantitative estimate of drug-likeness (QED) is 0.406. The molecule has 0 atom stereocenters. The van der Waals surface area contributed by atoms with Gasteiger partial charge in [0.05, 0.1) is 0 Å². The van der Waals surface area contributed by atoms with Crippen molar-refractivity contribution in [1.29, 1.82) is 0 Å². The van der Waals surface area contributed by atoms with E-state index in [1.165, 1.54) is 45.7 Å². The van der Waals surface area contributed by atoms with Gasteiger partial charge in [-0.3, -0.25) is 0 Å². The molecule has 2 aliphatic rings. The Labute approximate surface area is 110 Å². The molecule has 0 radical (unpaired) electrons. The van der Waals surface area contributed by atoms with Crippen LogP contribution in [-0.2, 0) is 0 Å². The summed E-state index contributed by atoms with van der Waals surface area (Å²) < 4.78 is 6.84.